The summed E-state index contributed by atoms with van der Waals surface area (Å²) < 4.78 is 24.0. The molecule has 3 atom stereocenters. The molecule has 146 valence electrons. The van der Waals surface area contributed by atoms with Gasteiger partial charge in [0.25, 0.3) is 0 Å². The van der Waals surface area contributed by atoms with Crippen molar-refractivity contribution in [2.24, 2.45) is 0 Å². The van der Waals surface area contributed by atoms with E-state index in [9.17, 15) is 23.8 Å². The first-order chi connectivity index (χ1) is 11.2. The van der Waals surface area contributed by atoms with Gasteiger partial charge in [-0.2, -0.15) is 0 Å². The minimum Gasteiger partial charge on any atom is -0.810 e. The number of unbranched alkanes of at least 4 members (excludes halogenated alkanes) is 8. The quantitative estimate of drug-likeness (QED) is 0.141. The molecule has 27 heavy (non-hydrogen) atoms. The fraction of sp³-hybridized carbons (Fsp3) is 1.00. The Balaban J connectivity index is -0.000000882. The topological polar surface area (TPSA) is 103 Å². The molecule has 0 aromatic carbocycles. The van der Waals surface area contributed by atoms with Crippen LogP contribution in [0.3, 0.4) is 0 Å². The van der Waals surface area contributed by atoms with E-state index in [4.69, 9.17) is 0 Å². The molecule has 5 nitrogen and oxygen atoms in total. The molecule has 0 aliphatic rings. The fourth-order valence-corrected chi connectivity index (χ4v) is 7.41. The Bertz CT molecular complexity index is 421. The zero-order valence-corrected chi connectivity index (χ0v) is 26.4. The van der Waals surface area contributed by atoms with Crippen LogP contribution in [0.2, 0.25) is 0 Å². The Morgan fingerprint density at radius 3 is 1.48 bits per heavy atom. The Hall–Kier alpha value is 3.34. The molecule has 0 aliphatic carbocycles. The van der Waals surface area contributed by atoms with E-state index in [1.165, 1.54) is 19.3 Å². The monoisotopic (exact) mass is 450 g/mol. The summed E-state index contributed by atoms with van der Waals surface area (Å²) in [5.74, 6) is 0. The molecule has 0 heterocycles. The SMILES string of the molecule is CCCCCCCCCC(C)P(=O)([O-])C(CCCCC)P(=O)([O-])[O-].[Na+].[Na+].[Na+]. The van der Waals surface area contributed by atoms with Crippen LogP contribution >= 0.6 is 15.0 Å². The molecular weight excluding hydrogens is 415 g/mol. The predicted molar refractivity (Wildman–Crippen MR) is 95.2 cm³/mol. The van der Waals surface area contributed by atoms with E-state index in [1.807, 2.05) is 6.92 Å². The summed E-state index contributed by atoms with van der Waals surface area (Å²) in [5.41, 5.74) is -0.740. The second-order valence-electron chi connectivity index (χ2n) is 6.92. The normalized spacial score (nSPS) is 15.5. The third kappa shape index (κ3) is 17.6. The summed E-state index contributed by atoms with van der Waals surface area (Å²) >= 11 is 0. The van der Waals surface area contributed by atoms with Crippen molar-refractivity contribution in [3.05, 3.63) is 0 Å². The van der Waals surface area contributed by atoms with Crippen molar-refractivity contribution in [1.29, 1.82) is 0 Å². The van der Waals surface area contributed by atoms with E-state index in [1.54, 1.807) is 6.92 Å². The first-order valence-electron chi connectivity index (χ1n) is 9.50. The van der Waals surface area contributed by atoms with Crippen LogP contribution in [0.25, 0.3) is 0 Å². The number of hydrogen-bond donors (Lipinski definition) is 0. The van der Waals surface area contributed by atoms with Gasteiger partial charge in [-0.15, -0.1) is 0 Å². The Morgan fingerprint density at radius 2 is 1.04 bits per heavy atom. The molecule has 0 fully saturated rings. The van der Waals surface area contributed by atoms with E-state index < -0.39 is 26.0 Å². The Kier molecular flexibility index (Phi) is 29.6. The molecule has 0 aromatic heterocycles. The van der Waals surface area contributed by atoms with Crippen molar-refractivity contribution in [3.63, 3.8) is 0 Å². The van der Waals surface area contributed by atoms with Crippen molar-refractivity contribution in [2.45, 2.75) is 109 Å². The summed E-state index contributed by atoms with van der Waals surface area (Å²) in [6, 6.07) is 0. The molecule has 0 saturated heterocycles. The van der Waals surface area contributed by atoms with Gasteiger partial charge in [-0.25, -0.2) is 0 Å². The van der Waals surface area contributed by atoms with Crippen LogP contribution in [0, 0.1) is 0 Å². The van der Waals surface area contributed by atoms with E-state index in [-0.39, 0.29) is 95.1 Å². The summed E-state index contributed by atoms with van der Waals surface area (Å²) in [6.07, 6.45) is 10.0. The predicted octanol–water partition coefficient (Wildman–Crippen LogP) is -5.01. The van der Waals surface area contributed by atoms with Crippen molar-refractivity contribution >= 4 is 15.0 Å². The van der Waals surface area contributed by atoms with Gasteiger partial charge in [0.15, 0.2) is 0 Å². The molecule has 0 saturated carbocycles. The minimum atomic E-state index is -5.12. The van der Waals surface area contributed by atoms with Gasteiger partial charge in [0, 0.05) is 12.8 Å². The molecule has 0 aromatic rings. The zero-order valence-electron chi connectivity index (χ0n) is 18.6. The summed E-state index contributed by atoms with van der Waals surface area (Å²) in [7, 11) is -9.38. The van der Waals surface area contributed by atoms with E-state index in [0.29, 0.717) is 12.8 Å². The van der Waals surface area contributed by atoms with Crippen LogP contribution in [0.15, 0.2) is 0 Å². The van der Waals surface area contributed by atoms with Crippen molar-refractivity contribution in [3.8, 4) is 0 Å². The average molecular weight is 450 g/mol. The van der Waals surface area contributed by atoms with Crippen molar-refractivity contribution < 1.29 is 112 Å². The summed E-state index contributed by atoms with van der Waals surface area (Å²) in [4.78, 5) is 35.4. The van der Waals surface area contributed by atoms with Crippen LogP contribution in [-0.2, 0) is 9.13 Å². The first kappa shape index (κ1) is 37.6. The summed E-state index contributed by atoms with van der Waals surface area (Å²) in [6.45, 7) is 5.66. The van der Waals surface area contributed by atoms with Crippen molar-refractivity contribution in [1.82, 2.24) is 0 Å². The molecule has 0 spiro atoms. The van der Waals surface area contributed by atoms with Gasteiger partial charge in [0.05, 0.1) is 0 Å². The van der Waals surface area contributed by atoms with E-state index in [2.05, 4.69) is 6.92 Å². The Morgan fingerprint density at radius 1 is 0.667 bits per heavy atom. The molecule has 0 rings (SSSR count). The average Bonchev–Trinajstić information content (AvgIpc) is 2.48. The van der Waals surface area contributed by atoms with Gasteiger partial charge < -0.3 is 23.8 Å². The standard InChI is InChI=1S/C17H38O5P2.3Na/c1-4-6-8-9-10-11-13-14-16(3)23(18,19)17(24(20,21)22)15-12-7-5-2;;;/h16-17H,4-15H2,1-3H3,(H,18,19)(H2,20,21,22);;;/q;3*+1/p-3. The van der Waals surface area contributed by atoms with Crippen LogP contribution < -0.4 is 103 Å². The molecule has 0 radical (unpaired) electrons. The van der Waals surface area contributed by atoms with E-state index in [0.717, 1.165) is 38.5 Å². The smallest absolute Gasteiger partial charge is 0.810 e. The van der Waals surface area contributed by atoms with Gasteiger partial charge in [-0.3, -0.25) is 0 Å². The van der Waals surface area contributed by atoms with Crippen LogP contribution in [0.1, 0.15) is 97.8 Å². The first-order valence-corrected chi connectivity index (χ1v) is 12.9. The molecule has 0 bridgehead atoms. The Labute approximate surface area is 233 Å². The van der Waals surface area contributed by atoms with Gasteiger partial charge in [-0.1, -0.05) is 92.6 Å². The van der Waals surface area contributed by atoms with Crippen LogP contribution in [-0.4, -0.2) is 11.1 Å². The minimum absolute atomic E-state index is 0. The fourth-order valence-electron chi connectivity index (χ4n) is 2.98. The van der Waals surface area contributed by atoms with Gasteiger partial charge in [0.1, 0.15) is 0 Å². The maximum atomic E-state index is 12.5. The van der Waals surface area contributed by atoms with Crippen LogP contribution in [0.4, 0.5) is 0 Å². The van der Waals surface area contributed by atoms with Gasteiger partial charge in [0.2, 0.25) is 0 Å². The molecule has 0 aliphatic heterocycles. The van der Waals surface area contributed by atoms with Gasteiger partial charge >= 0.3 is 88.7 Å². The zero-order chi connectivity index (χ0) is 18.6. The summed E-state index contributed by atoms with van der Waals surface area (Å²) in [5, 5.41) is -1.73. The van der Waals surface area contributed by atoms with E-state index >= 15 is 0 Å². The van der Waals surface area contributed by atoms with Gasteiger partial charge in [-0.05, 0) is 18.5 Å². The molecule has 0 N–H and O–H groups in total. The third-order valence-electron chi connectivity index (χ3n) is 4.69. The second kappa shape index (κ2) is 21.2. The van der Waals surface area contributed by atoms with Crippen molar-refractivity contribution in [2.75, 3.05) is 0 Å². The molecule has 0 amide bonds. The molecule has 3 unspecified atom stereocenters. The third-order valence-corrected chi connectivity index (χ3v) is 10.1. The van der Waals surface area contributed by atoms with Crippen LogP contribution in [0.5, 0.6) is 0 Å². The maximum Gasteiger partial charge on any atom is 1.00 e. The molecular formula is C17H35Na3O5P2. The number of rotatable bonds is 15. The number of hydrogen-bond acceptors (Lipinski definition) is 5. The largest absolute Gasteiger partial charge is 1.00 e. The second-order valence-corrected chi connectivity index (χ2v) is 11.8. The molecule has 10 heteroatoms. The maximum absolute atomic E-state index is 12.5.